The van der Waals surface area contributed by atoms with E-state index in [2.05, 4.69) is 5.32 Å². The Morgan fingerprint density at radius 3 is 2.15 bits per heavy atom. The minimum atomic E-state index is -0.797. The van der Waals surface area contributed by atoms with Gasteiger partial charge in [0, 0.05) is 17.9 Å². The van der Waals surface area contributed by atoms with E-state index in [0.29, 0.717) is 17.1 Å². The zero-order valence-electron chi connectivity index (χ0n) is 19.7. The number of carbonyl (C=O) groups excluding carboxylic acids is 3. The lowest BCUT2D eigenvalue weighted by Crippen LogP contribution is -2.45. The van der Waals surface area contributed by atoms with Gasteiger partial charge in [-0.3, -0.25) is 9.59 Å². The molecule has 178 valence electrons. The van der Waals surface area contributed by atoms with Gasteiger partial charge < -0.3 is 14.8 Å². The summed E-state index contributed by atoms with van der Waals surface area (Å²) in [4.78, 5) is 38.3. The van der Waals surface area contributed by atoms with Crippen LogP contribution in [0.25, 0.3) is 0 Å². The molecule has 2 aromatic rings. The van der Waals surface area contributed by atoms with Crippen LogP contribution in [0.2, 0.25) is 0 Å². The first kappa shape index (κ1) is 26.5. The number of hydrogen-bond acceptors (Lipinski definition) is 6. The summed E-state index contributed by atoms with van der Waals surface area (Å²) >= 11 is 1.54. The number of carbonyl (C=O) groups is 3. The quantitative estimate of drug-likeness (QED) is 0.458. The predicted molar refractivity (Wildman–Crippen MR) is 131 cm³/mol. The Morgan fingerprint density at radius 1 is 0.970 bits per heavy atom. The third-order valence-electron chi connectivity index (χ3n) is 4.65. The molecule has 0 saturated heterocycles. The average Bonchev–Trinajstić information content (AvgIpc) is 2.77. The molecular formula is C26H33NO5S. The molecule has 0 aromatic heterocycles. The number of alkyl carbamates (subject to hydrolysis) is 1. The van der Waals surface area contributed by atoms with Crippen molar-refractivity contribution in [3.63, 3.8) is 0 Å². The van der Waals surface area contributed by atoms with E-state index in [-0.39, 0.29) is 18.8 Å². The number of thioether (sulfide) groups is 1. The van der Waals surface area contributed by atoms with Gasteiger partial charge in [-0.05, 0) is 38.8 Å². The van der Waals surface area contributed by atoms with E-state index >= 15 is 0 Å². The van der Waals surface area contributed by atoms with E-state index < -0.39 is 29.6 Å². The van der Waals surface area contributed by atoms with Crippen LogP contribution in [0.3, 0.4) is 0 Å². The molecule has 0 fully saturated rings. The summed E-state index contributed by atoms with van der Waals surface area (Å²) in [7, 11) is 0. The van der Waals surface area contributed by atoms with Gasteiger partial charge >= 0.3 is 12.1 Å². The van der Waals surface area contributed by atoms with E-state index in [1.807, 2.05) is 48.5 Å². The zero-order valence-corrected chi connectivity index (χ0v) is 20.5. The summed E-state index contributed by atoms with van der Waals surface area (Å²) in [6, 6.07) is 18.2. The Hall–Kier alpha value is -2.80. The molecule has 0 aliphatic rings. The SMILES string of the molecule is CCOC(=O)[C@H](CC(=O)[C@H](CSCc1ccccc1)NC(=O)OC(C)(C)C)c1ccccc1. The van der Waals surface area contributed by atoms with Gasteiger partial charge in [0.05, 0.1) is 18.6 Å². The van der Waals surface area contributed by atoms with Crippen molar-refractivity contribution in [2.45, 2.75) is 57.4 Å². The third kappa shape index (κ3) is 9.70. The van der Waals surface area contributed by atoms with E-state index in [1.54, 1.807) is 39.8 Å². The number of benzene rings is 2. The van der Waals surface area contributed by atoms with Crippen molar-refractivity contribution in [3.8, 4) is 0 Å². The molecule has 0 bridgehead atoms. The number of Topliss-reactive ketones (excluding diaryl/α,β-unsaturated/α-hetero) is 1. The van der Waals surface area contributed by atoms with Crippen LogP contribution in [-0.2, 0) is 24.8 Å². The minimum absolute atomic E-state index is 0.0742. The molecule has 1 N–H and O–H groups in total. The monoisotopic (exact) mass is 471 g/mol. The normalized spacial score (nSPS) is 13.0. The first-order valence-electron chi connectivity index (χ1n) is 11.0. The highest BCUT2D eigenvalue weighted by molar-refractivity contribution is 7.98. The van der Waals surface area contributed by atoms with Crippen LogP contribution in [0.1, 0.15) is 51.2 Å². The number of ether oxygens (including phenoxy) is 2. The van der Waals surface area contributed by atoms with Crippen molar-refractivity contribution in [3.05, 3.63) is 71.8 Å². The molecule has 0 heterocycles. The lowest BCUT2D eigenvalue weighted by molar-refractivity contribution is -0.146. The zero-order chi connectivity index (χ0) is 24.3. The van der Waals surface area contributed by atoms with Crippen molar-refractivity contribution >= 4 is 29.6 Å². The van der Waals surface area contributed by atoms with Crippen LogP contribution in [-0.4, -0.2) is 41.8 Å². The Morgan fingerprint density at radius 2 is 1.58 bits per heavy atom. The van der Waals surface area contributed by atoms with Crippen molar-refractivity contribution in [2.75, 3.05) is 12.4 Å². The number of hydrogen-bond donors (Lipinski definition) is 1. The Balaban J connectivity index is 2.14. The summed E-state index contributed by atoms with van der Waals surface area (Å²) in [5.74, 6) is -0.383. The van der Waals surface area contributed by atoms with Gasteiger partial charge in [-0.25, -0.2) is 4.79 Å². The van der Waals surface area contributed by atoms with Crippen LogP contribution in [0.15, 0.2) is 60.7 Å². The Kier molecular flexibility index (Phi) is 10.5. The molecule has 0 aliphatic carbocycles. The molecule has 2 atom stereocenters. The molecule has 1 amide bonds. The maximum atomic E-state index is 13.3. The lowest BCUT2D eigenvalue weighted by atomic mass is 9.92. The number of ketones is 1. The van der Waals surface area contributed by atoms with Gasteiger partial charge in [-0.1, -0.05) is 60.7 Å². The van der Waals surface area contributed by atoms with Crippen LogP contribution in [0.4, 0.5) is 4.79 Å². The number of nitrogens with one attached hydrogen (secondary N) is 1. The number of esters is 1. The van der Waals surface area contributed by atoms with Crippen LogP contribution in [0.5, 0.6) is 0 Å². The van der Waals surface area contributed by atoms with E-state index in [0.717, 1.165) is 5.56 Å². The second kappa shape index (κ2) is 13.0. The molecule has 2 aromatic carbocycles. The maximum absolute atomic E-state index is 13.3. The number of rotatable bonds is 11. The summed E-state index contributed by atoms with van der Waals surface area (Å²) in [5.41, 5.74) is 1.14. The molecule has 0 aliphatic heterocycles. The standard InChI is InChI=1S/C26H33NO5S/c1-5-31-24(29)21(20-14-10-7-11-15-20)16-23(28)22(27-25(30)32-26(2,3)4)18-33-17-19-12-8-6-9-13-19/h6-15,21-22H,5,16-18H2,1-4H3,(H,27,30)/t21-,22+/m1/s1. The van der Waals surface area contributed by atoms with Crippen LogP contribution >= 0.6 is 11.8 Å². The third-order valence-corrected chi connectivity index (χ3v) is 5.76. The van der Waals surface area contributed by atoms with Gasteiger partial charge in [0.15, 0.2) is 5.78 Å². The highest BCUT2D eigenvalue weighted by Crippen LogP contribution is 2.24. The van der Waals surface area contributed by atoms with Crippen LogP contribution < -0.4 is 5.32 Å². The minimum Gasteiger partial charge on any atom is -0.466 e. The Labute approximate surface area is 200 Å². The van der Waals surface area contributed by atoms with Gasteiger partial charge in [0.25, 0.3) is 0 Å². The molecule has 2 rings (SSSR count). The van der Waals surface area contributed by atoms with Crippen molar-refractivity contribution in [1.29, 1.82) is 0 Å². The molecular weight excluding hydrogens is 438 g/mol. The van der Waals surface area contributed by atoms with Crippen molar-refractivity contribution in [2.24, 2.45) is 0 Å². The summed E-state index contributed by atoms with van der Waals surface area (Å²) in [5, 5.41) is 2.70. The maximum Gasteiger partial charge on any atom is 0.408 e. The highest BCUT2D eigenvalue weighted by Gasteiger charge is 2.30. The molecule has 7 heteroatoms. The lowest BCUT2D eigenvalue weighted by Gasteiger charge is -2.24. The molecule has 0 spiro atoms. The molecule has 0 saturated carbocycles. The van der Waals surface area contributed by atoms with Gasteiger partial charge in [0.1, 0.15) is 5.60 Å². The first-order chi connectivity index (χ1) is 15.7. The molecule has 0 unspecified atom stereocenters. The number of amides is 1. The van der Waals surface area contributed by atoms with E-state index in [4.69, 9.17) is 9.47 Å². The first-order valence-corrected chi connectivity index (χ1v) is 12.2. The summed E-state index contributed by atoms with van der Waals surface area (Å²) < 4.78 is 10.6. The van der Waals surface area contributed by atoms with E-state index in [9.17, 15) is 14.4 Å². The fourth-order valence-corrected chi connectivity index (χ4v) is 4.19. The topological polar surface area (TPSA) is 81.7 Å². The predicted octanol–water partition coefficient (Wildman–Crippen LogP) is 5.12. The second-order valence-corrected chi connectivity index (χ2v) is 9.62. The smallest absolute Gasteiger partial charge is 0.408 e. The van der Waals surface area contributed by atoms with Crippen molar-refractivity contribution in [1.82, 2.24) is 5.32 Å². The molecule has 6 nitrogen and oxygen atoms in total. The molecule has 33 heavy (non-hydrogen) atoms. The molecule has 0 radical (unpaired) electrons. The average molecular weight is 472 g/mol. The van der Waals surface area contributed by atoms with Crippen molar-refractivity contribution < 1.29 is 23.9 Å². The highest BCUT2D eigenvalue weighted by atomic mass is 32.2. The fourth-order valence-electron chi connectivity index (χ4n) is 3.14. The Bertz CT molecular complexity index is 896. The fraction of sp³-hybridized carbons (Fsp3) is 0.423. The van der Waals surface area contributed by atoms with E-state index in [1.165, 1.54) is 11.8 Å². The van der Waals surface area contributed by atoms with Gasteiger partial charge in [0.2, 0.25) is 0 Å². The van der Waals surface area contributed by atoms with Gasteiger partial charge in [-0.15, -0.1) is 0 Å². The summed E-state index contributed by atoms with van der Waals surface area (Å²) in [6.45, 7) is 7.25. The largest absolute Gasteiger partial charge is 0.466 e. The van der Waals surface area contributed by atoms with Crippen LogP contribution in [0, 0.1) is 0 Å². The van der Waals surface area contributed by atoms with Gasteiger partial charge in [-0.2, -0.15) is 11.8 Å². The summed E-state index contributed by atoms with van der Waals surface area (Å²) in [6.07, 6.45) is -0.733. The second-order valence-electron chi connectivity index (χ2n) is 8.59.